The van der Waals surface area contributed by atoms with Crippen LogP contribution >= 0.6 is 34.2 Å². The van der Waals surface area contributed by atoms with Crippen LogP contribution in [-0.2, 0) is 0 Å². The van der Waals surface area contributed by atoms with Crippen molar-refractivity contribution >= 4 is 45.9 Å². The molecule has 1 amide bonds. The summed E-state index contributed by atoms with van der Waals surface area (Å²) in [6.07, 6.45) is 4.97. The smallest absolute Gasteiger partial charge is 0.272 e. The number of alkyl halides is 1. The Labute approximate surface area is 217 Å². The molecule has 1 aliphatic heterocycles. The van der Waals surface area contributed by atoms with Gasteiger partial charge in [-0.3, -0.25) is 4.79 Å². The van der Waals surface area contributed by atoms with Crippen molar-refractivity contribution in [3.63, 3.8) is 0 Å². The van der Waals surface area contributed by atoms with Gasteiger partial charge in [0.2, 0.25) is 0 Å². The van der Waals surface area contributed by atoms with Gasteiger partial charge in [0.1, 0.15) is 11.8 Å². The number of amides is 1. The molecule has 0 bridgehead atoms. The molecule has 0 unspecified atom stereocenters. The van der Waals surface area contributed by atoms with Crippen molar-refractivity contribution in [3.8, 4) is 11.8 Å². The fraction of sp³-hybridized carbons (Fsp3) is 0.500. The van der Waals surface area contributed by atoms with Gasteiger partial charge >= 0.3 is 0 Å². The molecule has 34 heavy (non-hydrogen) atoms. The molecule has 1 aromatic heterocycles. The maximum Gasteiger partial charge on any atom is 0.272 e. The standard InChI is InChI=1S/C24H27ClIN5O3/c25-20-13-19(2-1-17(20)14-27)34-24(26)9-5-18(6-10-24)28-23(33)21-3-4-22(30-29-21)31-11-7-16(15-32)8-12-31/h1-4,13,16,18,32H,5-12,15H2,(H,28,33)/t18-,24+. The van der Waals surface area contributed by atoms with E-state index in [1.54, 1.807) is 24.3 Å². The number of carbonyl (C=O) groups is 1. The second-order valence-electron chi connectivity index (χ2n) is 8.88. The Morgan fingerprint density at radius 2 is 1.97 bits per heavy atom. The minimum absolute atomic E-state index is 0.0440. The summed E-state index contributed by atoms with van der Waals surface area (Å²) in [5.74, 6) is 1.54. The van der Waals surface area contributed by atoms with E-state index in [-0.39, 0.29) is 22.2 Å². The predicted octanol–water partition coefficient (Wildman–Crippen LogP) is 4.09. The van der Waals surface area contributed by atoms with Crippen molar-refractivity contribution in [2.75, 3.05) is 24.6 Å². The van der Waals surface area contributed by atoms with Gasteiger partial charge in [0, 0.05) is 31.8 Å². The third-order valence-corrected chi connectivity index (χ3v) is 8.12. The second-order valence-corrected chi connectivity index (χ2v) is 11.2. The maximum absolute atomic E-state index is 12.7. The SMILES string of the molecule is N#Cc1ccc(O[C@]2(I)CC[C@H](NC(=O)c3ccc(N4CCC(CO)CC4)nn3)CC2)cc1Cl. The minimum Gasteiger partial charge on any atom is -0.477 e. The number of nitrogens with one attached hydrogen (secondary N) is 1. The zero-order valence-electron chi connectivity index (χ0n) is 18.7. The summed E-state index contributed by atoms with van der Waals surface area (Å²) in [5.41, 5.74) is 0.731. The van der Waals surface area contributed by atoms with E-state index in [2.05, 4.69) is 43.0 Å². The van der Waals surface area contributed by atoms with Gasteiger partial charge < -0.3 is 20.1 Å². The van der Waals surface area contributed by atoms with Crippen LogP contribution in [0, 0.1) is 17.2 Å². The molecule has 0 atom stereocenters. The summed E-state index contributed by atoms with van der Waals surface area (Å²) in [6, 6.07) is 10.7. The van der Waals surface area contributed by atoms with Crippen molar-refractivity contribution in [1.29, 1.82) is 5.26 Å². The first kappa shape index (κ1) is 24.9. The van der Waals surface area contributed by atoms with Gasteiger partial charge in [-0.2, -0.15) is 5.26 Å². The largest absolute Gasteiger partial charge is 0.477 e. The minimum atomic E-state index is -0.387. The Hall–Kier alpha value is -2.16. The quantitative estimate of drug-likeness (QED) is 0.382. The van der Waals surface area contributed by atoms with Gasteiger partial charge in [-0.05, 0) is 91.3 Å². The van der Waals surface area contributed by atoms with Crippen molar-refractivity contribution in [2.24, 2.45) is 5.92 Å². The average molecular weight is 596 g/mol. The predicted molar refractivity (Wildman–Crippen MR) is 137 cm³/mol. The van der Waals surface area contributed by atoms with Crippen LogP contribution in [-0.4, -0.2) is 50.6 Å². The number of benzene rings is 1. The number of nitriles is 1. The molecule has 2 aromatic rings. The van der Waals surface area contributed by atoms with E-state index >= 15 is 0 Å². The van der Waals surface area contributed by atoms with E-state index in [1.807, 2.05) is 12.1 Å². The number of nitrogens with zero attached hydrogens (tertiary/aromatic N) is 4. The number of anilines is 1. The number of aliphatic hydroxyl groups excluding tert-OH is 1. The molecule has 8 nitrogen and oxygen atoms in total. The molecule has 2 fully saturated rings. The topological polar surface area (TPSA) is 111 Å². The molecule has 2 N–H and O–H groups in total. The highest BCUT2D eigenvalue weighted by molar-refractivity contribution is 14.1. The molecule has 10 heteroatoms. The lowest BCUT2D eigenvalue weighted by atomic mass is 9.92. The molecule has 2 heterocycles. The molecular weight excluding hydrogens is 569 g/mol. The van der Waals surface area contributed by atoms with Gasteiger partial charge in [0.05, 0.1) is 10.6 Å². The Bertz CT molecular complexity index is 1050. The molecule has 0 radical (unpaired) electrons. The summed E-state index contributed by atoms with van der Waals surface area (Å²) in [4.78, 5) is 14.8. The van der Waals surface area contributed by atoms with E-state index < -0.39 is 0 Å². The third-order valence-electron chi connectivity index (χ3n) is 6.51. The van der Waals surface area contributed by atoms with Crippen LogP contribution in [0.5, 0.6) is 5.75 Å². The van der Waals surface area contributed by atoms with E-state index in [9.17, 15) is 9.90 Å². The van der Waals surface area contributed by atoms with Crippen LogP contribution in [0.15, 0.2) is 30.3 Å². The number of piperidine rings is 1. The lowest BCUT2D eigenvalue weighted by Gasteiger charge is -2.36. The number of halogens is 2. The summed E-state index contributed by atoms with van der Waals surface area (Å²) in [7, 11) is 0. The summed E-state index contributed by atoms with van der Waals surface area (Å²) < 4.78 is 5.80. The number of carbonyl (C=O) groups excluding carboxylic acids is 1. The molecule has 4 rings (SSSR count). The number of ether oxygens (including phenoxy) is 1. The highest BCUT2D eigenvalue weighted by Gasteiger charge is 2.35. The second kappa shape index (κ2) is 11.1. The molecule has 1 saturated carbocycles. The summed E-state index contributed by atoms with van der Waals surface area (Å²) >= 11 is 8.44. The maximum atomic E-state index is 12.7. The van der Waals surface area contributed by atoms with Gasteiger partial charge in [-0.1, -0.05) is 11.6 Å². The van der Waals surface area contributed by atoms with Crippen molar-refractivity contribution in [2.45, 2.75) is 48.2 Å². The fourth-order valence-electron chi connectivity index (χ4n) is 4.38. The molecule has 180 valence electrons. The Morgan fingerprint density at radius 3 is 2.56 bits per heavy atom. The summed E-state index contributed by atoms with van der Waals surface area (Å²) in [6.45, 7) is 1.90. The van der Waals surface area contributed by atoms with Crippen LogP contribution in [0.1, 0.15) is 54.6 Å². The lowest BCUT2D eigenvalue weighted by molar-refractivity contribution is 0.0872. The van der Waals surface area contributed by atoms with Crippen molar-refractivity contribution in [3.05, 3.63) is 46.6 Å². The molecule has 1 saturated heterocycles. The Morgan fingerprint density at radius 1 is 1.24 bits per heavy atom. The van der Waals surface area contributed by atoms with Crippen molar-refractivity contribution < 1.29 is 14.6 Å². The molecule has 1 aliphatic carbocycles. The highest BCUT2D eigenvalue weighted by Crippen LogP contribution is 2.39. The van der Waals surface area contributed by atoms with E-state index in [0.29, 0.717) is 27.9 Å². The normalized spacial score (nSPS) is 23.2. The third kappa shape index (κ3) is 6.09. The Kier molecular flexibility index (Phi) is 8.11. The number of aromatic nitrogens is 2. The number of aliphatic hydroxyl groups is 1. The zero-order valence-corrected chi connectivity index (χ0v) is 21.6. The first-order valence-electron chi connectivity index (χ1n) is 11.5. The zero-order chi connectivity index (χ0) is 24.1. The first-order chi connectivity index (χ1) is 16.4. The van der Waals surface area contributed by atoms with Gasteiger partial charge in [-0.25, -0.2) is 0 Å². The first-order valence-corrected chi connectivity index (χ1v) is 12.9. The summed E-state index contributed by atoms with van der Waals surface area (Å²) in [5, 5.41) is 30.2. The highest BCUT2D eigenvalue weighted by atomic mass is 127. The monoisotopic (exact) mass is 595 g/mol. The molecule has 1 aromatic carbocycles. The lowest BCUT2D eigenvalue weighted by Crippen LogP contribution is -2.43. The Balaban J connectivity index is 1.27. The molecule has 0 spiro atoms. The van der Waals surface area contributed by atoms with Gasteiger partial charge in [0.25, 0.3) is 5.91 Å². The number of rotatable bonds is 6. The fourth-order valence-corrected chi connectivity index (χ4v) is 5.47. The van der Waals surface area contributed by atoms with Crippen LogP contribution in [0.2, 0.25) is 5.02 Å². The van der Waals surface area contributed by atoms with Crippen LogP contribution in [0.4, 0.5) is 5.82 Å². The van der Waals surface area contributed by atoms with E-state index in [4.69, 9.17) is 21.6 Å². The molecule has 2 aliphatic rings. The van der Waals surface area contributed by atoms with Gasteiger partial charge in [0.15, 0.2) is 15.1 Å². The molecular formula is C24H27ClIN5O3. The van der Waals surface area contributed by atoms with Gasteiger partial charge in [-0.15, -0.1) is 10.2 Å². The van der Waals surface area contributed by atoms with Crippen LogP contribution in [0.25, 0.3) is 0 Å². The number of hydrogen-bond acceptors (Lipinski definition) is 7. The van der Waals surface area contributed by atoms with Crippen molar-refractivity contribution in [1.82, 2.24) is 15.5 Å². The van der Waals surface area contributed by atoms with E-state index in [0.717, 1.165) is 57.4 Å². The van der Waals surface area contributed by atoms with E-state index in [1.165, 1.54) is 0 Å². The number of hydrogen-bond donors (Lipinski definition) is 2. The van der Waals surface area contributed by atoms with Crippen LogP contribution < -0.4 is 15.0 Å². The average Bonchev–Trinajstić information content (AvgIpc) is 2.86. The van der Waals surface area contributed by atoms with Crippen LogP contribution in [0.3, 0.4) is 0 Å².